The molecule has 20 heavy (non-hydrogen) atoms. The van der Waals surface area contributed by atoms with E-state index in [4.69, 9.17) is 15.7 Å². The van der Waals surface area contributed by atoms with Crippen LogP contribution in [0.1, 0.15) is 5.56 Å². The molecule has 1 aromatic heterocycles. The maximum Gasteiger partial charge on any atom is 0.278 e. The summed E-state index contributed by atoms with van der Waals surface area (Å²) >= 11 is 0. The number of hydrogen-bond acceptors (Lipinski definition) is 6. The summed E-state index contributed by atoms with van der Waals surface area (Å²) in [5.41, 5.74) is 6.15. The topological polar surface area (TPSA) is 115 Å². The molecule has 0 saturated heterocycles. The first kappa shape index (κ1) is 13.3. The molecule has 0 aliphatic rings. The van der Waals surface area contributed by atoms with Crippen molar-refractivity contribution in [3.8, 4) is 17.7 Å². The van der Waals surface area contributed by atoms with E-state index in [0.29, 0.717) is 12.2 Å². The molecule has 7 nitrogen and oxygen atoms in total. The first-order valence-corrected chi connectivity index (χ1v) is 5.64. The van der Waals surface area contributed by atoms with Crippen molar-refractivity contribution in [1.29, 1.82) is 5.26 Å². The second-order valence-electron chi connectivity index (χ2n) is 3.93. The fraction of sp³-hybridized carbons (Fsp3) is 0.0769. The number of nitro groups is 1. The smallest absolute Gasteiger partial charge is 0.278 e. The SMILES string of the molecule is N#CCc1ccc(Oc2cc([N+](=O)[O-])cc(N)n2)cc1. The lowest BCUT2D eigenvalue weighted by Crippen LogP contribution is -1.97. The van der Waals surface area contributed by atoms with Crippen LogP contribution in [0.15, 0.2) is 36.4 Å². The minimum absolute atomic E-state index is 0.00954. The Hall–Kier alpha value is -3.14. The normalized spacial score (nSPS) is 9.75. The highest BCUT2D eigenvalue weighted by Gasteiger charge is 2.11. The molecule has 0 radical (unpaired) electrons. The van der Waals surface area contributed by atoms with Crippen LogP contribution in [0.3, 0.4) is 0 Å². The van der Waals surface area contributed by atoms with E-state index in [-0.39, 0.29) is 17.4 Å². The predicted molar refractivity (Wildman–Crippen MR) is 71.1 cm³/mol. The van der Waals surface area contributed by atoms with Gasteiger partial charge in [0.2, 0.25) is 5.88 Å². The Morgan fingerprint density at radius 3 is 2.65 bits per heavy atom. The Kier molecular flexibility index (Phi) is 3.77. The Labute approximate surface area is 114 Å². The first-order valence-electron chi connectivity index (χ1n) is 5.64. The molecule has 0 aliphatic heterocycles. The van der Waals surface area contributed by atoms with Gasteiger partial charge < -0.3 is 10.5 Å². The highest BCUT2D eigenvalue weighted by atomic mass is 16.6. The van der Waals surface area contributed by atoms with Gasteiger partial charge in [-0.3, -0.25) is 10.1 Å². The van der Waals surface area contributed by atoms with Gasteiger partial charge in [-0.1, -0.05) is 12.1 Å². The minimum Gasteiger partial charge on any atom is -0.439 e. The largest absolute Gasteiger partial charge is 0.439 e. The number of nitrogen functional groups attached to an aromatic ring is 1. The monoisotopic (exact) mass is 270 g/mol. The summed E-state index contributed by atoms with van der Waals surface area (Å²) in [5, 5.41) is 19.3. The molecule has 1 heterocycles. The number of anilines is 1. The van der Waals surface area contributed by atoms with Gasteiger partial charge in [0.15, 0.2) is 0 Å². The summed E-state index contributed by atoms with van der Waals surface area (Å²) in [7, 11) is 0. The summed E-state index contributed by atoms with van der Waals surface area (Å²) < 4.78 is 5.40. The number of rotatable bonds is 4. The zero-order valence-electron chi connectivity index (χ0n) is 10.3. The van der Waals surface area contributed by atoms with E-state index in [1.54, 1.807) is 24.3 Å². The zero-order chi connectivity index (χ0) is 14.5. The molecule has 7 heteroatoms. The standard InChI is InChI=1S/C13H10N4O3/c14-6-5-9-1-3-11(4-2-9)20-13-8-10(17(18)19)7-12(15)16-13/h1-4,7-8H,5H2,(H2,15,16). The van der Waals surface area contributed by atoms with Crippen LogP contribution in [0, 0.1) is 21.4 Å². The highest BCUT2D eigenvalue weighted by Crippen LogP contribution is 2.25. The molecule has 100 valence electrons. The van der Waals surface area contributed by atoms with Crippen molar-refractivity contribution in [1.82, 2.24) is 4.98 Å². The summed E-state index contributed by atoms with van der Waals surface area (Å²) in [6.45, 7) is 0. The van der Waals surface area contributed by atoms with Crippen LogP contribution in [0.5, 0.6) is 11.6 Å². The number of pyridine rings is 1. The second kappa shape index (κ2) is 5.67. The van der Waals surface area contributed by atoms with Crippen LogP contribution < -0.4 is 10.5 Å². The number of aromatic nitrogens is 1. The number of nitrogens with two attached hydrogens (primary N) is 1. The van der Waals surface area contributed by atoms with Crippen LogP contribution in [-0.2, 0) is 6.42 Å². The van der Waals surface area contributed by atoms with Crippen LogP contribution in [0.4, 0.5) is 11.5 Å². The number of benzene rings is 1. The summed E-state index contributed by atoms with van der Waals surface area (Å²) in [6.07, 6.45) is 0.308. The third-order valence-electron chi connectivity index (χ3n) is 2.45. The summed E-state index contributed by atoms with van der Waals surface area (Å²) in [4.78, 5) is 14.0. The molecule has 2 rings (SSSR count). The summed E-state index contributed by atoms with van der Waals surface area (Å²) in [5.74, 6) is 0.513. The van der Waals surface area contributed by atoms with Crippen molar-refractivity contribution < 1.29 is 9.66 Å². The second-order valence-corrected chi connectivity index (χ2v) is 3.93. The quantitative estimate of drug-likeness (QED) is 0.673. The molecule has 0 bridgehead atoms. The molecule has 0 amide bonds. The number of nitrogens with zero attached hydrogens (tertiary/aromatic N) is 3. The minimum atomic E-state index is -0.569. The number of ether oxygens (including phenoxy) is 1. The molecular weight excluding hydrogens is 260 g/mol. The van der Waals surface area contributed by atoms with Crippen LogP contribution in [0.25, 0.3) is 0 Å². The molecule has 2 N–H and O–H groups in total. The molecule has 0 fully saturated rings. The van der Waals surface area contributed by atoms with Gasteiger partial charge in [0.1, 0.15) is 11.6 Å². The van der Waals surface area contributed by atoms with Crippen molar-refractivity contribution in [2.75, 3.05) is 5.73 Å². The fourth-order valence-electron chi connectivity index (χ4n) is 1.56. The van der Waals surface area contributed by atoms with Gasteiger partial charge in [0.05, 0.1) is 29.5 Å². The zero-order valence-corrected chi connectivity index (χ0v) is 10.3. The van der Waals surface area contributed by atoms with E-state index in [9.17, 15) is 10.1 Å². The van der Waals surface area contributed by atoms with Crippen LogP contribution in [-0.4, -0.2) is 9.91 Å². The maximum absolute atomic E-state index is 10.7. The van der Waals surface area contributed by atoms with E-state index >= 15 is 0 Å². The third kappa shape index (κ3) is 3.20. The molecule has 1 aromatic carbocycles. The molecule has 0 aliphatic carbocycles. The number of nitriles is 1. The van der Waals surface area contributed by atoms with Gasteiger partial charge >= 0.3 is 0 Å². The van der Waals surface area contributed by atoms with Gasteiger partial charge in [-0.25, -0.2) is 0 Å². The van der Waals surface area contributed by atoms with Crippen molar-refractivity contribution in [2.24, 2.45) is 0 Å². The van der Waals surface area contributed by atoms with Crippen molar-refractivity contribution in [2.45, 2.75) is 6.42 Å². The van der Waals surface area contributed by atoms with Crippen LogP contribution in [0.2, 0.25) is 0 Å². The van der Waals surface area contributed by atoms with Crippen molar-refractivity contribution in [3.05, 3.63) is 52.1 Å². The summed E-state index contributed by atoms with van der Waals surface area (Å²) in [6, 6.07) is 11.2. The van der Waals surface area contributed by atoms with E-state index < -0.39 is 4.92 Å². The first-order chi connectivity index (χ1) is 9.58. The lowest BCUT2D eigenvalue weighted by molar-refractivity contribution is -0.384. The fourth-order valence-corrected chi connectivity index (χ4v) is 1.56. The van der Waals surface area contributed by atoms with E-state index in [1.165, 1.54) is 6.07 Å². The molecule has 0 spiro atoms. The lowest BCUT2D eigenvalue weighted by Gasteiger charge is -2.05. The van der Waals surface area contributed by atoms with E-state index in [0.717, 1.165) is 11.6 Å². The van der Waals surface area contributed by atoms with Gasteiger partial charge in [0, 0.05) is 0 Å². The van der Waals surface area contributed by atoms with Gasteiger partial charge in [0.25, 0.3) is 5.69 Å². The average molecular weight is 270 g/mol. The highest BCUT2D eigenvalue weighted by molar-refractivity contribution is 5.46. The lowest BCUT2D eigenvalue weighted by atomic mass is 10.2. The average Bonchev–Trinajstić information content (AvgIpc) is 2.40. The Morgan fingerprint density at radius 2 is 2.05 bits per heavy atom. The predicted octanol–water partition coefficient (Wildman–Crippen LogP) is 2.43. The number of hydrogen-bond donors (Lipinski definition) is 1. The van der Waals surface area contributed by atoms with Gasteiger partial charge in [-0.15, -0.1) is 0 Å². The van der Waals surface area contributed by atoms with E-state index in [1.807, 2.05) is 6.07 Å². The van der Waals surface area contributed by atoms with Crippen LogP contribution >= 0.6 is 0 Å². The van der Waals surface area contributed by atoms with E-state index in [2.05, 4.69) is 4.98 Å². The molecule has 0 atom stereocenters. The Balaban J connectivity index is 2.21. The molecule has 0 unspecified atom stereocenters. The molecule has 0 saturated carbocycles. The Bertz CT molecular complexity index is 677. The van der Waals surface area contributed by atoms with Gasteiger partial charge in [-0.2, -0.15) is 10.2 Å². The molecular formula is C13H10N4O3. The maximum atomic E-state index is 10.7. The molecule has 2 aromatic rings. The van der Waals surface area contributed by atoms with Crippen molar-refractivity contribution >= 4 is 11.5 Å². The Morgan fingerprint density at radius 1 is 1.35 bits per heavy atom. The van der Waals surface area contributed by atoms with Crippen molar-refractivity contribution in [3.63, 3.8) is 0 Å². The van der Waals surface area contributed by atoms with Gasteiger partial charge in [-0.05, 0) is 17.7 Å². The third-order valence-corrected chi connectivity index (χ3v) is 2.45.